The highest BCUT2D eigenvalue weighted by atomic mass is 32.2. The van der Waals surface area contributed by atoms with Crippen LogP contribution < -0.4 is 5.32 Å². The van der Waals surface area contributed by atoms with Crippen LogP contribution in [0.2, 0.25) is 0 Å². The van der Waals surface area contributed by atoms with E-state index >= 15 is 0 Å². The van der Waals surface area contributed by atoms with Crippen molar-refractivity contribution in [1.29, 1.82) is 0 Å². The summed E-state index contributed by atoms with van der Waals surface area (Å²) in [6, 6.07) is 5.90. The molecule has 1 amide bonds. The second-order valence-electron chi connectivity index (χ2n) is 9.34. The van der Waals surface area contributed by atoms with Gasteiger partial charge in [-0.15, -0.1) is 0 Å². The first-order chi connectivity index (χ1) is 19.2. The molecule has 1 fully saturated rings. The van der Waals surface area contributed by atoms with Gasteiger partial charge in [0, 0.05) is 45.9 Å². The Hall–Kier alpha value is -3.65. The molecule has 0 bridgehead atoms. The molecule has 0 radical (unpaired) electrons. The molecule has 1 saturated heterocycles. The fourth-order valence-electron chi connectivity index (χ4n) is 4.30. The third-order valence-electron chi connectivity index (χ3n) is 5.80. The van der Waals surface area contributed by atoms with Gasteiger partial charge in [0.25, 0.3) is 0 Å². The van der Waals surface area contributed by atoms with Crippen molar-refractivity contribution in [3.8, 4) is 0 Å². The van der Waals surface area contributed by atoms with E-state index in [9.17, 15) is 28.8 Å². The molecule has 226 valence electrons. The summed E-state index contributed by atoms with van der Waals surface area (Å²) in [5.74, 6) is -4.53. The van der Waals surface area contributed by atoms with Gasteiger partial charge in [-0.05, 0) is 19.1 Å². The average molecular weight is 598 g/mol. The van der Waals surface area contributed by atoms with E-state index < -0.39 is 77.8 Å². The minimum Gasteiger partial charge on any atom is -0.466 e. The Balaban J connectivity index is 2.77. The number of ether oxygens (including phenoxy) is 6. The highest BCUT2D eigenvalue weighted by Gasteiger charge is 2.58. The first-order valence-electron chi connectivity index (χ1n) is 12.6. The summed E-state index contributed by atoms with van der Waals surface area (Å²) in [4.78, 5) is 72.5. The van der Waals surface area contributed by atoms with Gasteiger partial charge in [0.1, 0.15) is 18.8 Å². The highest BCUT2D eigenvalue weighted by Crippen LogP contribution is 2.46. The first kappa shape index (κ1) is 33.6. The predicted molar refractivity (Wildman–Crippen MR) is 142 cm³/mol. The van der Waals surface area contributed by atoms with E-state index in [1.165, 1.54) is 6.92 Å². The number of nitrogens with one attached hydrogen (secondary N) is 1. The minimum absolute atomic E-state index is 0.284. The van der Waals surface area contributed by atoms with Crippen LogP contribution >= 0.6 is 11.8 Å². The maximum absolute atomic E-state index is 13.4. The molecule has 1 aliphatic rings. The molecule has 1 N–H and O–H groups in total. The zero-order valence-electron chi connectivity index (χ0n) is 23.9. The number of amides is 1. The summed E-state index contributed by atoms with van der Waals surface area (Å²) in [6.07, 6.45) is -5.99. The molecular weight excluding hydrogens is 562 g/mol. The fourth-order valence-corrected chi connectivity index (χ4v) is 5.53. The maximum Gasteiger partial charge on any atom is 0.349 e. The molecule has 1 aliphatic heterocycles. The average Bonchev–Trinajstić information content (AvgIpc) is 2.86. The van der Waals surface area contributed by atoms with Crippen molar-refractivity contribution >= 4 is 47.5 Å². The largest absolute Gasteiger partial charge is 0.466 e. The molecule has 0 aromatic heterocycles. The van der Waals surface area contributed by atoms with Crippen LogP contribution in [0.25, 0.3) is 0 Å². The zero-order chi connectivity index (χ0) is 30.9. The molecule has 0 aliphatic carbocycles. The SMILES string of the molecule is COC(=O)[C@@]1(Sc2ccc(C)cc2)C[C@H](OC(C)=O)C(NC(C)=O)[C@H]([C@H](OC(C)=O)C(COC(C)=O)OC(C)=O)O1. The first-order valence-corrected chi connectivity index (χ1v) is 13.4. The Morgan fingerprint density at radius 2 is 1.56 bits per heavy atom. The molecule has 1 heterocycles. The predicted octanol–water partition coefficient (Wildman–Crippen LogP) is 1.61. The maximum atomic E-state index is 13.4. The van der Waals surface area contributed by atoms with Crippen LogP contribution in [0.15, 0.2) is 29.2 Å². The second-order valence-corrected chi connectivity index (χ2v) is 10.7. The standard InChI is InChI=1S/C27H35NO12S/c1-14-8-10-20(11-9-14)41-27(26(34)35-7)12-21(37-17(4)31)23(28-15(2)29)25(40-27)24(39-19(6)33)22(38-18(5)32)13-36-16(3)30/h8-11,21-25H,12-13H2,1-7H3,(H,28,29)/t21-,22?,23?,24+,25+,27-/m0/s1. The topological polar surface area (TPSA) is 170 Å². The van der Waals surface area contributed by atoms with E-state index in [0.29, 0.717) is 4.90 Å². The van der Waals surface area contributed by atoms with E-state index in [4.69, 9.17) is 28.4 Å². The van der Waals surface area contributed by atoms with E-state index in [-0.39, 0.29) is 6.42 Å². The molecule has 13 nitrogen and oxygen atoms in total. The van der Waals surface area contributed by atoms with Crippen molar-refractivity contribution in [3.05, 3.63) is 29.8 Å². The summed E-state index contributed by atoms with van der Waals surface area (Å²) in [5.41, 5.74) is 0.956. The highest BCUT2D eigenvalue weighted by molar-refractivity contribution is 8.01. The molecule has 0 spiro atoms. The van der Waals surface area contributed by atoms with E-state index in [0.717, 1.165) is 52.1 Å². The lowest BCUT2D eigenvalue weighted by atomic mass is 9.89. The van der Waals surface area contributed by atoms with Crippen molar-refractivity contribution in [3.63, 3.8) is 0 Å². The van der Waals surface area contributed by atoms with Gasteiger partial charge in [-0.2, -0.15) is 0 Å². The zero-order valence-corrected chi connectivity index (χ0v) is 24.7. The van der Waals surface area contributed by atoms with Gasteiger partial charge in [-0.25, -0.2) is 4.79 Å². The number of rotatable bonds is 11. The molecule has 6 atom stereocenters. The van der Waals surface area contributed by atoms with Crippen LogP contribution in [-0.4, -0.2) is 84.9 Å². The van der Waals surface area contributed by atoms with E-state index in [1.807, 2.05) is 19.1 Å². The Morgan fingerprint density at radius 1 is 0.951 bits per heavy atom. The van der Waals surface area contributed by atoms with Gasteiger partial charge in [-0.3, -0.25) is 24.0 Å². The summed E-state index contributed by atoms with van der Waals surface area (Å²) in [6.45, 7) is 6.97. The monoisotopic (exact) mass is 597 g/mol. The number of hydrogen-bond donors (Lipinski definition) is 1. The van der Waals surface area contributed by atoms with Crippen molar-refractivity contribution in [1.82, 2.24) is 5.32 Å². The number of esters is 5. The number of aryl methyl sites for hydroxylation is 1. The van der Waals surface area contributed by atoms with Gasteiger partial charge in [0.15, 0.2) is 12.2 Å². The summed E-state index contributed by atoms with van der Waals surface area (Å²) in [5, 5.41) is 2.64. The molecule has 0 saturated carbocycles. The molecule has 14 heteroatoms. The van der Waals surface area contributed by atoms with Crippen LogP contribution in [0, 0.1) is 6.92 Å². The van der Waals surface area contributed by atoms with Crippen LogP contribution in [0.4, 0.5) is 0 Å². The van der Waals surface area contributed by atoms with Crippen molar-refractivity contribution in [2.24, 2.45) is 0 Å². The number of carbonyl (C=O) groups is 6. The normalized spacial score (nSPS) is 23.2. The Bertz CT molecular complexity index is 1140. The number of methoxy groups -OCH3 is 1. The molecule has 2 unspecified atom stereocenters. The Labute approximate surface area is 241 Å². The van der Waals surface area contributed by atoms with Crippen LogP contribution in [-0.2, 0) is 57.2 Å². The smallest absolute Gasteiger partial charge is 0.349 e. The number of hydrogen-bond acceptors (Lipinski definition) is 13. The van der Waals surface area contributed by atoms with E-state index in [2.05, 4.69) is 5.32 Å². The third-order valence-corrected chi connectivity index (χ3v) is 7.07. The lowest BCUT2D eigenvalue weighted by Crippen LogP contribution is -2.68. The molecule has 1 aromatic carbocycles. The fraction of sp³-hybridized carbons (Fsp3) is 0.556. The van der Waals surface area contributed by atoms with Crippen molar-refractivity contribution in [2.75, 3.05) is 13.7 Å². The van der Waals surface area contributed by atoms with Gasteiger partial charge < -0.3 is 33.7 Å². The van der Waals surface area contributed by atoms with Gasteiger partial charge in [0.05, 0.1) is 13.2 Å². The van der Waals surface area contributed by atoms with Gasteiger partial charge in [-0.1, -0.05) is 29.5 Å². The van der Waals surface area contributed by atoms with E-state index in [1.54, 1.807) is 12.1 Å². The quantitative estimate of drug-likeness (QED) is 0.289. The molecular formula is C27H35NO12S. The van der Waals surface area contributed by atoms with Crippen LogP contribution in [0.3, 0.4) is 0 Å². The summed E-state index contributed by atoms with van der Waals surface area (Å²) >= 11 is 0.955. The summed E-state index contributed by atoms with van der Waals surface area (Å²) in [7, 11) is 1.14. The van der Waals surface area contributed by atoms with Crippen molar-refractivity contribution in [2.45, 2.75) is 88.2 Å². The Morgan fingerprint density at radius 3 is 2.05 bits per heavy atom. The van der Waals surface area contributed by atoms with Crippen LogP contribution in [0.1, 0.15) is 46.6 Å². The second kappa shape index (κ2) is 14.8. The lowest BCUT2D eigenvalue weighted by Gasteiger charge is -2.48. The van der Waals surface area contributed by atoms with Crippen LogP contribution in [0.5, 0.6) is 0 Å². The summed E-state index contributed by atoms with van der Waals surface area (Å²) < 4.78 is 33.0. The Kier molecular flexibility index (Phi) is 12.1. The number of carbonyl (C=O) groups excluding carboxylic acids is 6. The van der Waals surface area contributed by atoms with Gasteiger partial charge >= 0.3 is 29.8 Å². The molecule has 2 rings (SSSR count). The minimum atomic E-state index is -1.90. The number of thioether (sulfide) groups is 1. The van der Waals surface area contributed by atoms with Crippen molar-refractivity contribution < 1.29 is 57.2 Å². The molecule has 1 aromatic rings. The molecule has 41 heavy (non-hydrogen) atoms. The third kappa shape index (κ3) is 9.74. The number of benzene rings is 1. The van der Waals surface area contributed by atoms with Gasteiger partial charge in [0.2, 0.25) is 10.8 Å². The lowest BCUT2D eigenvalue weighted by molar-refractivity contribution is -0.224.